The molecule has 1 saturated carbocycles. The predicted octanol–water partition coefficient (Wildman–Crippen LogP) is 2.89. The maximum absolute atomic E-state index is 6.54. The molecule has 0 saturated heterocycles. The zero-order chi connectivity index (χ0) is 14.1. The van der Waals surface area contributed by atoms with Crippen molar-refractivity contribution in [2.45, 2.75) is 64.6 Å². The highest BCUT2D eigenvalue weighted by atomic mass is 16.5. The number of ether oxygens (including phenoxy) is 1. The summed E-state index contributed by atoms with van der Waals surface area (Å²) in [6.45, 7) is 7.59. The molecular formula is C15H27N3O. The van der Waals surface area contributed by atoms with Crippen molar-refractivity contribution in [2.24, 2.45) is 11.1 Å². The number of hydrogen-bond donors (Lipinski definition) is 1. The molecule has 0 spiro atoms. The van der Waals surface area contributed by atoms with Crippen LogP contribution in [0.15, 0.2) is 12.3 Å². The summed E-state index contributed by atoms with van der Waals surface area (Å²) in [4.78, 5) is 0. The number of methoxy groups -OCH3 is 1. The number of nitrogens with zero attached hydrogens (tertiary/aromatic N) is 2. The Morgan fingerprint density at radius 2 is 2.00 bits per heavy atom. The van der Waals surface area contributed by atoms with Gasteiger partial charge in [-0.25, -0.2) is 0 Å². The molecule has 0 radical (unpaired) electrons. The predicted molar refractivity (Wildman–Crippen MR) is 76.8 cm³/mol. The standard InChI is InChI=1S/C15H27N3O/c1-5-18-12(6-11-17-18)13(16)15(19-4)9-7-14(2,3)8-10-15/h6,11,13H,5,7-10,16H2,1-4H3. The third kappa shape index (κ3) is 2.70. The third-order valence-electron chi connectivity index (χ3n) is 4.79. The van der Waals surface area contributed by atoms with Crippen molar-refractivity contribution >= 4 is 0 Å². The summed E-state index contributed by atoms with van der Waals surface area (Å²) in [5.74, 6) is 0. The van der Waals surface area contributed by atoms with Crippen LogP contribution in [0.2, 0.25) is 0 Å². The molecule has 1 unspecified atom stereocenters. The molecule has 1 atom stereocenters. The first-order chi connectivity index (χ1) is 8.94. The minimum atomic E-state index is -0.234. The van der Waals surface area contributed by atoms with E-state index < -0.39 is 0 Å². The molecule has 1 aliphatic carbocycles. The van der Waals surface area contributed by atoms with Crippen molar-refractivity contribution in [3.63, 3.8) is 0 Å². The molecule has 19 heavy (non-hydrogen) atoms. The van der Waals surface area contributed by atoms with Gasteiger partial charge in [-0.15, -0.1) is 0 Å². The van der Waals surface area contributed by atoms with E-state index in [9.17, 15) is 0 Å². The Bertz CT molecular complexity index is 415. The SMILES string of the molecule is CCn1nccc1C(N)C1(OC)CCC(C)(C)CC1. The van der Waals surface area contributed by atoms with Crippen LogP contribution in [-0.4, -0.2) is 22.5 Å². The van der Waals surface area contributed by atoms with Crippen LogP contribution in [0, 0.1) is 5.41 Å². The molecule has 1 aliphatic rings. The van der Waals surface area contributed by atoms with E-state index in [4.69, 9.17) is 10.5 Å². The lowest BCUT2D eigenvalue weighted by atomic mass is 9.68. The molecule has 0 aromatic carbocycles. The molecule has 2 rings (SSSR count). The Morgan fingerprint density at radius 1 is 1.37 bits per heavy atom. The highest BCUT2D eigenvalue weighted by Gasteiger charge is 2.44. The van der Waals surface area contributed by atoms with Crippen LogP contribution in [0.5, 0.6) is 0 Å². The summed E-state index contributed by atoms with van der Waals surface area (Å²) in [6, 6.07) is 1.92. The van der Waals surface area contributed by atoms with E-state index >= 15 is 0 Å². The summed E-state index contributed by atoms with van der Waals surface area (Å²) in [5.41, 5.74) is 7.80. The van der Waals surface area contributed by atoms with Gasteiger partial charge in [-0.05, 0) is 44.1 Å². The quantitative estimate of drug-likeness (QED) is 0.910. The smallest absolute Gasteiger partial charge is 0.0886 e. The van der Waals surface area contributed by atoms with Crippen LogP contribution in [0.3, 0.4) is 0 Å². The molecular weight excluding hydrogens is 238 g/mol. The highest BCUT2D eigenvalue weighted by Crippen LogP contribution is 2.46. The van der Waals surface area contributed by atoms with Crippen LogP contribution >= 0.6 is 0 Å². The van der Waals surface area contributed by atoms with Gasteiger partial charge in [0.1, 0.15) is 0 Å². The van der Waals surface area contributed by atoms with E-state index in [1.807, 2.05) is 16.9 Å². The molecule has 2 N–H and O–H groups in total. The lowest BCUT2D eigenvalue weighted by Gasteiger charge is -2.45. The molecule has 1 fully saturated rings. The summed E-state index contributed by atoms with van der Waals surface area (Å²) in [6.07, 6.45) is 6.19. The Hall–Kier alpha value is -0.870. The lowest BCUT2D eigenvalue weighted by molar-refractivity contribution is -0.0809. The van der Waals surface area contributed by atoms with Crippen molar-refractivity contribution in [1.29, 1.82) is 0 Å². The second-order valence-electron chi connectivity index (χ2n) is 6.48. The molecule has 0 amide bonds. The second kappa shape index (κ2) is 5.25. The highest BCUT2D eigenvalue weighted by molar-refractivity contribution is 5.14. The number of aromatic nitrogens is 2. The van der Waals surface area contributed by atoms with Crippen molar-refractivity contribution in [2.75, 3.05) is 7.11 Å². The fourth-order valence-corrected chi connectivity index (χ4v) is 3.13. The van der Waals surface area contributed by atoms with E-state index in [1.165, 1.54) is 0 Å². The first-order valence-electron chi connectivity index (χ1n) is 7.26. The van der Waals surface area contributed by atoms with E-state index in [0.717, 1.165) is 37.9 Å². The topological polar surface area (TPSA) is 53.1 Å². The van der Waals surface area contributed by atoms with Gasteiger partial charge in [0.25, 0.3) is 0 Å². The molecule has 0 bridgehead atoms. The van der Waals surface area contributed by atoms with Crippen LogP contribution in [0.1, 0.15) is 58.2 Å². The van der Waals surface area contributed by atoms with E-state index in [-0.39, 0.29) is 11.6 Å². The van der Waals surface area contributed by atoms with E-state index in [2.05, 4.69) is 25.9 Å². The van der Waals surface area contributed by atoms with Crippen molar-refractivity contribution in [3.05, 3.63) is 18.0 Å². The zero-order valence-electron chi connectivity index (χ0n) is 12.6. The molecule has 1 aromatic rings. The van der Waals surface area contributed by atoms with Crippen LogP contribution in [0.25, 0.3) is 0 Å². The second-order valence-corrected chi connectivity index (χ2v) is 6.48. The number of nitrogens with two attached hydrogens (primary N) is 1. The van der Waals surface area contributed by atoms with Gasteiger partial charge in [0.05, 0.1) is 17.3 Å². The Labute approximate surface area is 116 Å². The van der Waals surface area contributed by atoms with Crippen molar-refractivity contribution < 1.29 is 4.74 Å². The van der Waals surface area contributed by atoms with Gasteiger partial charge >= 0.3 is 0 Å². The van der Waals surface area contributed by atoms with Gasteiger partial charge in [-0.1, -0.05) is 13.8 Å². The normalized spacial score (nSPS) is 23.2. The fraction of sp³-hybridized carbons (Fsp3) is 0.800. The van der Waals surface area contributed by atoms with Crippen LogP contribution in [0.4, 0.5) is 0 Å². The summed E-state index contributed by atoms with van der Waals surface area (Å²) >= 11 is 0. The van der Waals surface area contributed by atoms with E-state index in [1.54, 1.807) is 7.11 Å². The Balaban J connectivity index is 2.22. The number of rotatable bonds is 4. The molecule has 0 aliphatic heterocycles. The van der Waals surface area contributed by atoms with Gasteiger partial charge in [-0.3, -0.25) is 4.68 Å². The monoisotopic (exact) mass is 265 g/mol. The summed E-state index contributed by atoms with van der Waals surface area (Å²) in [7, 11) is 1.80. The van der Waals surface area contributed by atoms with Crippen molar-refractivity contribution in [1.82, 2.24) is 9.78 Å². The van der Waals surface area contributed by atoms with E-state index in [0.29, 0.717) is 5.41 Å². The van der Waals surface area contributed by atoms with Gasteiger partial charge in [0.2, 0.25) is 0 Å². The lowest BCUT2D eigenvalue weighted by Crippen LogP contribution is -2.47. The zero-order valence-corrected chi connectivity index (χ0v) is 12.6. The number of aryl methyl sites for hydroxylation is 1. The Morgan fingerprint density at radius 3 is 2.53 bits per heavy atom. The average Bonchev–Trinajstić information content (AvgIpc) is 2.87. The van der Waals surface area contributed by atoms with Crippen LogP contribution < -0.4 is 5.73 Å². The molecule has 108 valence electrons. The molecule has 1 aromatic heterocycles. The maximum atomic E-state index is 6.54. The van der Waals surface area contributed by atoms with Gasteiger partial charge in [0, 0.05) is 19.9 Å². The van der Waals surface area contributed by atoms with Gasteiger partial charge < -0.3 is 10.5 Å². The Kier molecular flexibility index (Phi) is 4.02. The van der Waals surface area contributed by atoms with Crippen LogP contribution in [-0.2, 0) is 11.3 Å². The molecule has 1 heterocycles. The summed E-state index contributed by atoms with van der Waals surface area (Å²) in [5, 5.41) is 4.33. The largest absolute Gasteiger partial charge is 0.376 e. The summed E-state index contributed by atoms with van der Waals surface area (Å²) < 4.78 is 7.87. The first-order valence-corrected chi connectivity index (χ1v) is 7.26. The molecule has 4 nitrogen and oxygen atoms in total. The molecule has 4 heteroatoms. The maximum Gasteiger partial charge on any atom is 0.0886 e. The van der Waals surface area contributed by atoms with Gasteiger partial charge in [-0.2, -0.15) is 5.10 Å². The minimum Gasteiger partial charge on any atom is -0.376 e. The fourth-order valence-electron chi connectivity index (χ4n) is 3.13. The van der Waals surface area contributed by atoms with Crippen molar-refractivity contribution in [3.8, 4) is 0 Å². The average molecular weight is 265 g/mol. The third-order valence-corrected chi connectivity index (χ3v) is 4.79. The first kappa shape index (κ1) is 14.5. The number of hydrogen-bond acceptors (Lipinski definition) is 3. The minimum absolute atomic E-state index is 0.101. The van der Waals surface area contributed by atoms with Gasteiger partial charge in [0.15, 0.2) is 0 Å².